The van der Waals surface area contributed by atoms with Gasteiger partial charge in [0.15, 0.2) is 0 Å². The maximum Gasteiger partial charge on any atom is 0.0772 e. The van der Waals surface area contributed by atoms with Gasteiger partial charge in [0.05, 0.1) is 17.6 Å². The molecule has 0 atom stereocenters. The third-order valence-electron chi connectivity index (χ3n) is 3.56. The van der Waals surface area contributed by atoms with Gasteiger partial charge in [-0.1, -0.05) is 24.3 Å². The van der Waals surface area contributed by atoms with Crippen LogP contribution in [0.4, 0.5) is 5.69 Å². The van der Waals surface area contributed by atoms with Gasteiger partial charge < -0.3 is 4.57 Å². The Hall–Kier alpha value is -2.13. The molecule has 0 aliphatic heterocycles. The van der Waals surface area contributed by atoms with E-state index in [1.165, 1.54) is 11.3 Å². The van der Waals surface area contributed by atoms with Gasteiger partial charge >= 0.3 is 0 Å². The Morgan fingerprint density at radius 1 is 0.955 bits per heavy atom. The minimum absolute atomic E-state index is 0.934. The first-order valence-corrected chi connectivity index (χ1v) is 7.98. The molecular weight excluding hydrogens is 336 g/mol. The lowest BCUT2D eigenvalue weighted by molar-refractivity contribution is 1.01. The van der Waals surface area contributed by atoms with Crippen LogP contribution in [0.5, 0.6) is 0 Å². The van der Waals surface area contributed by atoms with E-state index in [9.17, 15) is 0 Å². The zero-order chi connectivity index (χ0) is 15.5. The number of nitrogens with zero attached hydrogens (tertiary/aromatic N) is 2. The van der Waals surface area contributed by atoms with Gasteiger partial charge in [-0.3, -0.25) is 4.99 Å². The number of halogens is 1. The van der Waals surface area contributed by atoms with E-state index in [0.717, 1.165) is 21.5 Å². The van der Waals surface area contributed by atoms with Crippen molar-refractivity contribution >= 4 is 27.8 Å². The summed E-state index contributed by atoms with van der Waals surface area (Å²) in [6, 6.07) is 20.7. The highest BCUT2D eigenvalue weighted by Crippen LogP contribution is 2.26. The summed E-state index contributed by atoms with van der Waals surface area (Å²) >= 11 is 3.57. The topological polar surface area (TPSA) is 17.3 Å². The molecule has 0 N–H and O–H groups in total. The van der Waals surface area contributed by atoms with E-state index in [1.54, 1.807) is 0 Å². The van der Waals surface area contributed by atoms with Crippen molar-refractivity contribution in [1.82, 2.24) is 4.57 Å². The van der Waals surface area contributed by atoms with Crippen molar-refractivity contribution < 1.29 is 0 Å². The van der Waals surface area contributed by atoms with E-state index < -0.39 is 0 Å². The molecule has 3 heteroatoms. The Bertz CT molecular complexity index is 817. The predicted molar refractivity (Wildman–Crippen MR) is 96.6 cm³/mol. The van der Waals surface area contributed by atoms with Crippen molar-refractivity contribution in [3.8, 4) is 5.69 Å². The van der Waals surface area contributed by atoms with Crippen LogP contribution in [-0.2, 0) is 0 Å². The number of aliphatic imine (C=N–C) groups is 1. The van der Waals surface area contributed by atoms with Crippen LogP contribution in [0.3, 0.4) is 0 Å². The Kier molecular flexibility index (Phi) is 4.25. The van der Waals surface area contributed by atoms with Crippen molar-refractivity contribution in [2.75, 3.05) is 0 Å². The molecule has 0 spiro atoms. The fourth-order valence-electron chi connectivity index (χ4n) is 2.44. The standard InChI is InChI=1S/C19H17BrN2/c1-14-8-11-19(18(20)12-14)21-13-17-10-9-15(2)22(17)16-6-4-3-5-7-16/h3-13H,1-2H3. The van der Waals surface area contributed by atoms with E-state index in [4.69, 9.17) is 0 Å². The lowest BCUT2D eigenvalue weighted by Crippen LogP contribution is -2.00. The molecule has 3 rings (SSSR count). The number of aromatic nitrogens is 1. The van der Waals surface area contributed by atoms with Gasteiger partial charge in [0, 0.05) is 15.9 Å². The van der Waals surface area contributed by atoms with Crippen molar-refractivity contribution in [3.63, 3.8) is 0 Å². The van der Waals surface area contributed by atoms with Crippen LogP contribution < -0.4 is 0 Å². The fraction of sp³-hybridized carbons (Fsp3) is 0.105. The van der Waals surface area contributed by atoms with E-state index in [-0.39, 0.29) is 0 Å². The highest BCUT2D eigenvalue weighted by Gasteiger charge is 2.05. The summed E-state index contributed by atoms with van der Waals surface area (Å²) in [4.78, 5) is 4.62. The lowest BCUT2D eigenvalue weighted by Gasteiger charge is -2.09. The minimum atomic E-state index is 0.934. The Labute approximate surface area is 139 Å². The maximum atomic E-state index is 4.62. The first kappa shape index (κ1) is 14.8. The van der Waals surface area contributed by atoms with E-state index in [2.05, 4.69) is 75.7 Å². The molecule has 1 aromatic heterocycles. The van der Waals surface area contributed by atoms with Gasteiger partial charge in [0.25, 0.3) is 0 Å². The Morgan fingerprint density at radius 2 is 1.73 bits per heavy atom. The second kappa shape index (κ2) is 6.32. The number of para-hydroxylation sites is 1. The van der Waals surface area contributed by atoms with Gasteiger partial charge in [-0.2, -0.15) is 0 Å². The summed E-state index contributed by atoms with van der Waals surface area (Å²) in [5, 5.41) is 0. The smallest absolute Gasteiger partial charge is 0.0772 e. The van der Waals surface area contributed by atoms with Crippen molar-refractivity contribution in [1.29, 1.82) is 0 Å². The summed E-state index contributed by atoms with van der Waals surface area (Å²) < 4.78 is 3.21. The summed E-state index contributed by atoms with van der Waals surface area (Å²) in [6.45, 7) is 4.17. The zero-order valence-corrected chi connectivity index (χ0v) is 14.2. The van der Waals surface area contributed by atoms with Crippen LogP contribution in [0.1, 0.15) is 17.0 Å². The van der Waals surface area contributed by atoms with Crippen LogP contribution in [0.15, 0.2) is 70.1 Å². The first-order valence-electron chi connectivity index (χ1n) is 7.19. The molecule has 2 aromatic carbocycles. The van der Waals surface area contributed by atoms with Gasteiger partial charge in [-0.25, -0.2) is 0 Å². The van der Waals surface area contributed by atoms with Gasteiger partial charge in [0.1, 0.15) is 0 Å². The second-order valence-corrected chi connectivity index (χ2v) is 6.14. The third-order valence-corrected chi connectivity index (χ3v) is 4.19. The number of hydrogen-bond donors (Lipinski definition) is 0. The summed E-state index contributed by atoms with van der Waals surface area (Å²) in [6.07, 6.45) is 1.91. The van der Waals surface area contributed by atoms with Crippen LogP contribution in [0.25, 0.3) is 5.69 Å². The highest BCUT2D eigenvalue weighted by atomic mass is 79.9. The molecule has 0 saturated heterocycles. The number of aryl methyl sites for hydroxylation is 2. The largest absolute Gasteiger partial charge is 0.313 e. The molecule has 0 fully saturated rings. The second-order valence-electron chi connectivity index (χ2n) is 5.28. The quantitative estimate of drug-likeness (QED) is 0.545. The summed E-state index contributed by atoms with van der Waals surface area (Å²) in [7, 11) is 0. The SMILES string of the molecule is Cc1ccc(N=Cc2ccc(C)n2-c2ccccc2)c(Br)c1. The highest BCUT2D eigenvalue weighted by molar-refractivity contribution is 9.10. The molecular formula is C19H17BrN2. The first-order chi connectivity index (χ1) is 10.6. The van der Waals surface area contributed by atoms with Crippen LogP contribution in [0.2, 0.25) is 0 Å². The summed E-state index contributed by atoms with van der Waals surface area (Å²) in [5.74, 6) is 0. The van der Waals surface area contributed by atoms with Crippen molar-refractivity contribution in [2.45, 2.75) is 13.8 Å². The average Bonchev–Trinajstić information content (AvgIpc) is 2.88. The minimum Gasteiger partial charge on any atom is -0.313 e. The average molecular weight is 353 g/mol. The predicted octanol–water partition coefficient (Wildman–Crippen LogP) is 5.61. The monoisotopic (exact) mass is 352 g/mol. The molecule has 0 saturated carbocycles. The van der Waals surface area contributed by atoms with Crippen LogP contribution in [-0.4, -0.2) is 10.8 Å². The van der Waals surface area contributed by atoms with Crippen molar-refractivity contribution in [3.05, 3.63) is 82.1 Å². The van der Waals surface area contributed by atoms with Gasteiger partial charge in [0.2, 0.25) is 0 Å². The van der Waals surface area contributed by atoms with Crippen molar-refractivity contribution in [2.24, 2.45) is 4.99 Å². The van der Waals surface area contributed by atoms with Crippen LogP contribution in [0, 0.1) is 13.8 Å². The fourth-order valence-corrected chi connectivity index (χ4v) is 3.04. The molecule has 0 amide bonds. The molecule has 22 heavy (non-hydrogen) atoms. The van der Waals surface area contributed by atoms with Gasteiger partial charge in [-0.05, 0) is 71.7 Å². The lowest BCUT2D eigenvalue weighted by atomic mass is 10.2. The molecule has 3 aromatic rings. The molecule has 2 nitrogen and oxygen atoms in total. The van der Waals surface area contributed by atoms with E-state index in [1.807, 2.05) is 30.5 Å². The normalized spacial score (nSPS) is 11.2. The maximum absolute atomic E-state index is 4.62. The third kappa shape index (κ3) is 3.04. The van der Waals surface area contributed by atoms with Gasteiger partial charge in [-0.15, -0.1) is 0 Å². The number of rotatable bonds is 3. The molecule has 0 bridgehead atoms. The van der Waals surface area contributed by atoms with E-state index in [0.29, 0.717) is 0 Å². The Morgan fingerprint density at radius 3 is 2.45 bits per heavy atom. The van der Waals surface area contributed by atoms with E-state index >= 15 is 0 Å². The molecule has 110 valence electrons. The number of benzene rings is 2. The Balaban J connectivity index is 1.98. The molecule has 0 radical (unpaired) electrons. The summed E-state index contributed by atoms with van der Waals surface area (Å²) in [5.41, 5.74) is 5.56. The van der Waals surface area contributed by atoms with Crippen LogP contribution >= 0.6 is 15.9 Å². The number of hydrogen-bond acceptors (Lipinski definition) is 1. The molecule has 0 aliphatic rings. The zero-order valence-electron chi connectivity index (χ0n) is 12.6. The molecule has 0 aliphatic carbocycles. The molecule has 1 heterocycles. The molecule has 0 unspecified atom stereocenters.